The van der Waals surface area contributed by atoms with Crippen LogP contribution in [-0.4, -0.2) is 165 Å². The second kappa shape index (κ2) is 44.2. The minimum absolute atomic E-state index is 0.0692. The van der Waals surface area contributed by atoms with E-state index in [2.05, 4.69) is 179 Å². The van der Waals surface area contributed by atoms with Crippen molar-refractivity contribution in [1.82, 2.24) is 82.6 Å². The van der Waals surface area contributed by atoms with E-state index in [9.17, 15) is 50.5 Å². The zero-order valence-electron chi connectivity index (χ0n) is 85.4. The van der Waals surface area contributed by atoms with Gasteiger partial charge in [-0.15, -0.1) is 0 Å². The first kappa shape index (κ1) is 112. The van der Waals surface area contributed by atoms with Crippen molar-refractivity contribution in [2.75, 3.05) is 34.2 Å². The van der Waals surface area contributed by atoms with Gasteiger partial charge in [0, 0.05) is 105 Å². The molecule has 2 aliphatic rings. The standard InChI is InChI=1S/C19H25N3O2S.C18H23N3O2S.C18H25N3O2S.C17H23N3O2S.C16H21N3O2S.C15H19N3O2S/c1-14-18(19(2,3)4)21-17(13-20-14)15-8-7-9-16(12-15)25(23,24)22-10-5-6-11-22;1-12-17(18(2,3)4)20-16(11-19-12)13-6-5-7-15(10-13)24(22,23)21-14-8-9-14;1-12(2)21-24(22,23)15-9-7-8-14(10-15)16-11-19-13(3)17(20-16)18(4,5)6;1-12-16(17(2,3)4)19-15(11-18-12)13-8-7-9-14(10-13)23(21,22)20(5)6;1-11-15(16(2,3)4)19-14(10-18-11)12-7-6-8-13(9-12)22(20,21)17-5;1-10-14(15(2,3)4)18-13(9-17-10)11-6-5-7-12(8-11)21(16,19)20/h7-9,12-13H,5-6,10-11H2,1-4H3;5-7,10-11,14,21H,8-9H2,1-4H3;7-12,21H,1-6H3;7-11H,1-6H3;6-10,17H,1-5H3;5-9H,1-4H3,(H2,16,19,20). The maximum absolute atomic E-state index is 12.8. The summed E-state index contributed by atoms with van der Waals surface area (Å²) in [5.41, 5.74) is 18.5. The average molecular weight is 2010 g/mol. The quantitative estimate of drug-likeness (QED) is 0.0584. The molecule has 1 aliphatic heterocycles. The molecular formula is C103H136N18O12S6. The number of benzene rings is 6. The highest BCUT2D eigenvalue weighted by Crippen LogP contribution is 2.36. The lowest BCUT2D eigenvalue weighted by Crippen LogP contribution is -2.30. The zero-order valence-corrected chi connectivity index (χ0v) is 90.3. The lowest BCUT2D eigenvalue weighted by atomic mass is 9.90. The van der Waals surface area contributed by atoms with Crippen LogP contribution in [0.4, 0.5) is 0 Å². The van der Waals surface area contributed by atoms with E-state index < -0.39 is 60.1 Å². The molecule has 0 spiro atoms. The number of nitrogens with two attached hydrogens (primary N) is 1. The number of rotatable bonds is 19. The Morgan fingerprint density at radius 1 is 0.338 bits per heavy atom. The van der Waals surface area contributed by atoms with Crippen LogP contribution in [0.1, 0.15) is 232 Å². The van der Waals surface area contributed by atoms with Crippen LogP contribution < -0.4 is 19.3 Å². The van der Waals surface area contributed by atoms with Gasteiger partial charge in [-0.2, -0.15) is 4.31 Å². The van der Waals surface area contributed by atoms with E-state index in [0.29, 0.717) is 57.7 Å². The molecule has 746 valence electrons. The minimum Gasteiger partial charge on any atom is -0.257 e. The number of sulfonamides is 6. The van der Waals surface area contributed by atoms with Crippen molar-refractivity contribution in [1.29, 1.82) is 0 Å². The van der Waals surface area contributed by atoms with Crippen LogP contribution >= 0.6 is 0 Å². The van der Waals surface area contributed by atoms with E-state index in [1.54, 1.807) is 158 Å². The molecule has 0 radical (unpaired) electrons. The van der Waals surface area contributed by atoms with Crippen molar-refractivity contribution in [2.24, 2.45) is 5.14 Å². The number of hydrogen-bond donors (Lipinski definition) is 4. The smallest absolute Gasteiger partial charge is 0.243 e. The van der Waals surface area contributed by atoms with Crippen LogP contribution in [0.25, 0.3) is 67.5 Å². The van der Waals surface area contributed by atoms with Gasteiger partial charge in [-0.05, 0) is 161 Å². The van der Waals surface area contributed by atoms with Crippen molar-refractivity contribution >= 4 is 60.1 Å². The van der Waals surface area contributed by atoms with E-state index in [-0.39, 0.29) is 69.1 Å². The van der Waals surface area contributed by atoms with E-state index in [4.69, 9.17) is 25.1 Å². The van der Waals surface area contributed by atoms with Gasteiger partial charge in [0.15, 0.2) is 0 Å². The summed E-state index contributed by atoms with van der Waals surface area (Å²) < 4.78 is 157. The van der Waals surface area contributed by atoms with Gasteiger partial charge in [0.1, 0.15) is 0 Å². The summed E-state index contributed by atoms with van der Waals surface area (Å²) in [6, 6.07) is 40.5. The number of hydrogen-bond acceptors (Lipinski definition) is 24. The molecule has 6 aromatic carbocycles. The molecule has 2 fully saturated rings. The van der Waals surface area contributed by atoms with Crippen molar-refractivity contribution in [3.05, 3.63) is 251 Å². The van der Waals surface area contributed by atoms with E-state index in [1.165, 1.54) is 37.6 Å². The summed E-state index contributed by atoms with van der Waals surface area (Å²) in [4.78, 5) is 56.2. The van der Waals surface area contributed by atoms with Crippen LogP contribution in [0, 0.1) is 41.5 Å². The Bertz CT molecular complexity index is 7040. The Balaban J connectivity index is 0.000000187. The van der Waals surface area contributed by atoms with Gasteiger partial charge in [-0.1, -0.05) is 197 Å². The predicted octanol–water partition coefficient (Wildman–Crippen LogP) is 18.2. The molecule has 1 aliphatic carbocycles. The molecule has 36 heteroatoms. The average Bonchev–Trinajstić information content (AvgIpc) is 1.68. The summed E-state index contributed by atoms with van der Waals surface area (Å²) in [7, 11) is -16.7. The topological polar surface area (TPSA) is 428 Å². The molecule has 0 unspecified atom stereocenters. The Morgan fingerprint density at radius 2 is 0.568 bits per heavy atom. The Morgan fingerprint density at radius 3 is 0.813 bits per heavy atom. The Hall–Kier alpha value is -10.7. The van der Waals surface area contributed by atoms with Crippen LogP contribution in [-0.2, 0) is 92.6 Å². The lowest BCUT2D eigenvalue weighted by Gasteiger charge is -2.20. The highest BCUT2D eigenvalue weighted by Gasteiger charge is 2.33. The van der Waals surface area contributed by atoms with Gasteiger partial charge in [-0.25, -0.2) is 104 Å². The van der Waals surface area contributed by atoms with Crippen molar-refractivity contribution in [3.8, 4) is 67.5 Å². The van der Waals surface area contributed by atoms with E-state index in [0.717, 1.165) is 122 Å². The van der Waals surface area contributed by atoms with Crippen LogP contribution in [0.5, 0.6) is 0 Å². The summed E-state index contributed by atoms with van der Waals surface area (Å²) in [5.74, 6) is 0. The number of nitrogens with one attached hydrogen (secondary N) is 3. The highest BCUT2D eigenvalue weighted by atomic mass is 32.2. The summed E-state index contributed by atoms with van der Waals surface area (Å²) in [6.07, 6.45) is 13.8. The van der Waals surface area contributed by atoms with Crippen LogP contribution in [0.15, 0.2) is 212 Å². The molecule has 1 saturated carbocycles. The first-order valence-electron chi connectivity index (χ1n) is 45.7. The monoisotopic (exact) mass is 2010 g/mol. The molecule has 5 N–H and O–H groups in total. The van der Waals surface area contributed by atoms with E-state index in [1.807, 2.05) is 71.9 Å². The third-order valence-electron chi connectivity index (χ3n) is 22.1. The van der Waals surface area contributed by atoms with Crippen molar-refractivity contribution in [2.45, 2.75) is 280 Å². The van der Waals surface area contributed by atoms with Gasteiger partial charge in [0.25, 0.3) is 0 Å². The molecule has 30 nitrogen and oxygen atoms in total. The van der Waals surface area contributed by atoms with Gasteiger partial charge in [0.05, 0.1) is 169 Å². The van der Waals surface area contributed by atoms with Gasteiger partial charge in [0.2, 0.25) is 60.1 Å². The fraction of sp³-hybridized carbons (Fsp3) is 0.417. The molecular weight excluding hydrogens is 1870 g/mol. The summed E-state index contributed by atoms with van der Waals surface area (Å²) in [6.45, 7) is 53.9. The Labute approximate surface area is 824 Å². The fourth-order valence-electron chi connectivity index (χ4n) is 15.0. The second-order valence-electron chi connectivity index (χ2n) is 41.1. The third-order valence-corrected chi connectivity index (χ3v) is 31.3. The first-order valence-corrected chi connectivity index (χ1v) is 54.6. The van der Waals surface area contributed by atoms with Crippen LogP contribution in [0.3, 0.4) is 0 Å². The van der Waals surface area contributed by atoms with E-state index >= 15 is 0 Å². The molecule has 7 heterocycles. The third kappa shape index (κ3) is 29.9. The molecule has 12 aromatic rings. The van der Waals surface area contributed by atoms with Crippen LogP contribution in [0.2, 0.25) is 0 Å². The first-order chi connectivity index (χ1) is 64.1. The van der Waals surface area contributed by atoms with Crippen molar-refractivity contribution in [3.63, 3.8) is 0 Å². The lowest BCUT2D eigenvalue weighted by molar-refractivity contribution is 0.477. The second-order valence-corrected chi connectivity index (χ2v) is 52.1. The fourth-order valence-corrected chi connectivity index (χ4v) is 21.5. The molecule has 139 heavy (non-hydrogen) atoms. The molecule has 6 aromatic heterocycles. The number of nitrogens with zero attached hydrogens (tertiary/aromatic N) is 14. The zero-order chi connectivity index (χ0) is 104. The number of aryl methyl sites for hydroxylation is 6. The largest absolute Gasteiger partial charge is 0.257 e. The molecule has 1 saturated heterocycles. The predicted molar refractivity (Wildman–Crippen MR) is 551 cm³/mol. The number of aromatic nitrogens is 12. The van der Waals surface area contributed by atoms with Gasteiger partial charge < -0.3 is 0 Å². The maximum Gasteiger partial charge on any atom is 0.243 e. The van der Waals surface area contributed by atoms with Gasteiger partial charge >= 0.3 is 0 Å². The highest BCUT2D eigenvalue weighted by molar-refractivity contribution is 7.90. The molecule has 0 amide bonds. The summed E-state index contributed by atoms with van der Waals surface area (Å²) >= 11 is 0. The molecule has 0 bridgehead atoms. The van der Waals surface area contributed by atoms with Crippen molar-refractivity contribution < 1.29 is 50.5 Å². The Kier molecular flexibility index (Phi) is 35.6. The SMILES string of the molecule is CNS(=O)(=O)c1cccc(-c2cnc(C)c(C(C)(C)C)n2)c1.Cc1ncc(-c2cccc(S(=O)(=O)N(C)C)c2)nc1C(C)(C)C.Cc1ncc(-c2cccc(S(=O)(=O)N3CCCC3)c2)nc1C(C)(C)C.Cc1ncc(-c2cccc(S(=O)(=O)NC(C)C)c2)nc1C(C)(C)C.Cc1ncc(-c2cccc(S(=O)(=O)NC3CC3)c2)nc1C(C)(C)C.Cc1ncc(-c2cccc(S(N)(=O)=O)c2)nc1C(C)(C)C. The normalized spacial score (nSPS) is 13.7. The maximum atomic E-state index is 12.8. The molecule has 14 rings (SSSR count). The summed E-state index contributed by atoms with van der Waals surface area (Å²) in [5, 5.41) is 5.16. The number of primary sulfonamides is 1. The minimum atomic E-state index is -3.73. The molecule has 0 atom stereocenters. The van der Waals surface area contributed by atoms with Gasteiger partial charge in [-0.3, -0.25) is 29.9 Å².